The summed E-state index contributed by atoms with van der Waals surface area (Å²) in [6.07, 6.45) is 0. The van der Waals surface area contributed by atoms with Crippen molar-refractivity contribution >= 4 is 23.4 Å². The number of benzene rings is 2. The van der Waals surface area contributed by atoms with Gasteiger partial charge in [-0.3, -0.25) is 9.47 Å². The van der Waals surface area contributed by atoms with E-state index in [0.717, 1.165) is 22.2 Å². The summed E-state index contributed by atoms with van der Waals surface area (Å²) in [5.41, 5.74) is 2.00. The van der Waals surface area contributed by atoms with Crippen molar-refractivity contribution in [3.63, 3.8) is 0 Å². The summed E-state index contributed by atoms with van der Waals surface area (Å²) in [6, 6.07) is 14.3. The molecule has 7 heteroatoms. The number of halogens is 2. The summed E-state index contributed by atoms with van der Waals surface area (Å²) in [5.74, 6) is 0.624. The van der Waals surface area contributed by atoms with Crippen molar-refractivity contribution in [2.75, 3.05) is 14.1 Å². The van der Waals surface area contributed by atoms with E-state index in [9.17, 15) is 4.39 Å². The van der Waals surface area contributed by atoms with E-state index in [4.69, 9.17) is 11.6 Å². The van der Waals surface area contributed by atoms with Crippen LogP contribution in [0.25, 0.3) is 5.69 Å². The average molecular weight is 405 g/mol. The van der Waals surface area contributed by atoms with Gasteiger partial charge in [-0.05, 0) is 69.9 Å². The van der Waals surface area contributed by atoms with Gasteiger partial charge in [0.1, 0.15) is 5.82 Å². The summed E-state index contributed by atoms with van der Waals surface area (Å²) in [5, 5.41) is 10.5. The first-order valence-corrected chi connectivity index (χ1v) is 9.92. The van der Waals surface area contributed by atoms with E-state index >= 15 is 0 Å². The third-order valence-corrected chi connectivity index (χ3v) is 5.87. The first-order valence-electron chi connectivity index (χ1n) is 8.66. The molecule has 0 aliphatic rings. The first kappa shape index (κ1) is 19.9. The Bertz CT molecular complexity index is 893. The van der Waals surface area contributed by atoms with Crippen LogP contribution in [0.2, 0.25) is 5.02 Å². The molecule has 0 aliphatic carbocycles. The lowest BCUT2D eigenvalue weighted by Gasteiger charge is -2.21. The molecule has 0 radical (unpaired) electrons. The summed E-state index contributed by atoms with van der Waals surface area (Å²) >= 11 is 7.65. The molecule has 0 bridgehead atoms. The molecular weight excluding hydrogens is 383 g/mol. The average Bonchev–Trinajstić information content (AvgIpc) is 3.05. The van der Waals surface area contributed by atoms with E-state index in [2.05, 4.69) is 33.5 Å². The van der Waals surface area contributed by atoms with Gasteiger partial charge in [0.05, 0.1) is 6.04 Å². The highest BCUT2D eigenvalue weighted by molar-refractivity contribution is 7.99. The van der Waals surface area contributed by atoms with Crippen molar-refractivity contribution in [1.29, 1.82) is 0 Å². The van der Waals surface area contributed by atoms with E-state index in [-0.39, 0.29) is 17.1 Å². The minimum Gasteiger partial charge on any atom is -0.300 e. The maximum atomic E-state index is 13.2. The lowest BCUT2D eigenvalue weighted by Crippen LogP contribution is -2.20. The Morgan fingerprint density at radius 2 is 1.63 bits per heavy atom. The molecule has 0 N–H and O–H groups in total. The Morgan fingerprint density at radius 3 is 2.22 bits per heavy atom. The van der Waals surface area contributed by atoms with Gasteiger partial charge in [0.2, 0.25) is 0 Å². The van der Waals surface area contributed by atoms with Crippen LogP contribution in [0.5, 0.6) is 0 Å². The monoisotopic (exact) mass is 404 g/mol. The highest BCUT2D eigenvalue weighted by atomic mass is 35.5. The molecule has 1 aromatic heterocycles. The number of hydrogen-bond donors (Lipinski definition) is 0. The number of thioether (sulfide) groups is 1. The Labute approximate surface area is 168 Å². The highest BCUT2D eigenvalue weighted by Crippen LogP contribution is 2.36. The van der Waals surface area contributed by atoms with E-state index < -0.39 is 0 Å². The molecule has 3 aromatic rings. The quantitative estimate of drug-likeness (QED) is 0.505. The third kappa shape index (κ3) is 4.51. The fourth-order valence-corrected chi connectivity index (χ4v) is 3.78. The smallest absolute Gasteiger partial charge is 0.196 e. The van der Waals surface area contributed by atoms with Crippen molar-refractivity contribution in [1.82, 2.24) is 19.7 Å². The van der Waals surface area contributed by atoms with Crippen LogP contribution in [0.15, 0.2) is 53.7 Å². The van der Waals surface area contributed by atoms with Crippen molar-refractivity contribution in [3.8, 4) is 5.69 Å². The lowest BCUT2D eigenvalue weighted by atomic mass is 10.2. The Balaban J connectivity index is 1.99. The van der Waals surface area contributed by atoms with Gasteiger partial charge in [-0.25, -0.2) is 4.39 Å². The van der Waals surface area contributed by atoms with E-state index in [1.54, 1.807) is 23.9 Å². The molecule has 1 heterocycles. The predicted molar refractivity (Wildman–Crippen MR) is 109 cm³/mol. The van der Waals surface area contributed by atoms with E-state index in [0.29, 0.717) is 5.02 Å². The largest absolute Gasteiger partial charge is 0.300 e. The van der Waals surface area contributed by atoms with Gasteiger partial charge in [-0.2, -0.15) is 0 Å². The number of nitrogens with zero attached hydrogens (tertiary/aromatic N) is 4. The molecule has 0 fully saturated rings. The van der Waals surface area contributed by atoms with Crippen LogP contribution in [0.3, 0.4) is 0 Å². The van der Waals surface area contributed by atoms with Gasteiger partial charge in [0.25, 0.3) is 0 Å². The molecular formula is C20H22ClFN4S. The SMILES string of the molecule is CC(Sc1nnc(C(C)N(C)C)n1-c1ccc(Cl)cc1)c1ccc(F)cc1. The lowest BCUT2D eigenvalue weighted by molar-refractivity contribution is 0.305. The fourth-order valence-electron chi connectivity index (χ4n) is 2.65. The van der Waals surface area contributed by atoms with Gasteiger partial charge >= 0.3 is 0 Å². The van der Waals surface area contributed by atoms with Crippen molar-refractivity contribution in [2.24, 2.45) is 0 Å². The molecule has 142 valence electrons. The van der Waals surface area contributed by atoms with Crippen LogP contribution in [0, 0.1) is 5.82 Å². The second kappa shape index (κ2) is 8.42. The fraction of sp³-hybridized carbons (Fsp3) is 0.300. The third-order valence-electron chi connectivity index (χ3n) is 4.51. The first-order chi connectivity index (χ1) is 12.9. The maximum Gasteiger partial charge on any atom is 0.196 e. The second-order valence-electron chi connectivity index (χ2n) is 6.60. The topological polar surface area (TPSA) is 34.0 Å². The number of hydrogen-bond acceptors (Lipinski definition) is 4. The molecule has 2 unspecified atom stereocenters. The minimum absolute atomic E-state index is 0.0867. The molecule has 0 spiro atoms. The predicted octanol–water partition coefficient (Wildman–Crippen LogP) is 5.54. The van der Waals surface area contributed by atoms with Gasteiger partial charge in [0.15, 0.2) is 11.0 Å². The van der Waals surface area contributed by atoms with Crippen LogP contribution in [0.1, 0.15) is 36.5 Å². The highest BCUT2D eigenvalue weighted by Gasteiger charge is 2.22. The second-order valence-corrected chi connectivity index (χ2v) is 8.35. The van der Waals surface area contributed by atoms with Gasteiger partial charge in [-0.1, -0.05) is 35.5 Å². The summed E-state index contributed by atoms with van der Waals surface area (Å²) in [6.45, 7) is 4.17. The molecule has 2 atom stereocenters. The van der Waals surface area contributed by atoms with Crippen molar-refractivity contribution < 1.29 is 4.39 Å². The Morgan fingerprint density at radius 1 is 1.00 bits per heavy atom. The zero-order valence-electron chi connectivity index (χ0n) is 15.7. The zero-order chi connectivity index (χ0) is 19.6. The van der Waals surface area contributed by atoms with Crippen molar-refractivity contribution in [2.45, 2.75) is 30.3 Å². The van der Waals surface area contributed by atoms with Gasteiger partial charge in [0, 0.05) is 16.0 Å². The Kier molecular flexibility index (Phi) is 6.19. The van der Waals surface area contributed by atoms with Crippen LogP contribution < -0.4 is 0 Å². The van der Waals surface area contributed by atoms with Gasteiger partial charge in [-0.15, -0.1) is 10.2 Å². The van der Waals surface area contributed by atoms with Crippen molar-refractivity contribution in [3.05, 3.63) is 70.8 Å². The molecule has 0 amide bonds. The summed E-state index contributed by atoms with van der Waals surface area (Å²) in [7, 11) is 4.03. The maximum absolute atomic E-state index is 13.2. The molecule has 0 saturated carbocycles. The van der Waals surface area contributed by atoms with Crippen LogP contribution in [-0.4, -0.2) is 33.8 Å². The summed E-state index contributed by atoms with van der Waals surface area (Å²) < 4.78 is 15.3. The molecule has 27 heavy (non-hydrogen) atoms. The normalized spacial score (nSPS) is 13.7. The summed E-state index contributed by atoms with van der Waals surface area (Å²) in [4.78, 5) is 2.09. The minimum atomic E-state index is -0.234. The van der Waals surface area contributed by atoms with Crippen LogP contribution in [0.4, 0.5) is 4.39 Å². The van der Waals surface area contributed by atoms with Crippen LogP contribution >= 0.6 is 23.4 Å². The van der Waals surface area contributed by atoms with E-state index in [1.807, 2.05) is 38.4 Å². The standard InChI is InChI=1S/C20H22ClFN4S/c1-13(25(3)4)19-23-24-20(26(19)18-11-7-16(21)8-12-18)27-14(2)15-5-9-17(22)10-6-15/h5-14H,1-4H3. The number of aromatic nitrogens is 3. The molecule has 2 aromatic carbocycles. The van der Waals surface area contributed by atoms with Crippen LogP contribution in [-0.2, 0) is 0 Å². The molecule has 4 nitrogen and oxygen atoms in total. The Hall–Kier alpha value is -1.89. The zero-order valence-corrected chi connectivity index (χ0v) is 17.3. The molecule has 0 aliphatic heterocycles. The molecule has 3 rings (SSSR count). The van der Waals surface area contributed by atoms with E-state index in [1.165, 1.54) is 12.1 Å². The molecule has 0 saturated heterocycles. The van der Waals surface area contributed by atoms with Gasteiger partial charge < -0.3 is 0 Å². The number of rotatable bonds is 6.